The predicted molar refractivity (Wildman–Crippen MR) is 141 cm³/mol. The molecule has 0 radical (unpaired) electrons. The zero-order valence-corrected chi connectivity index (χ0v) is 22.3. The number of nitrogens with zero attached hydrogens (tertiary/aromatic N) is 2. The number of hydrogen-bond donors (Lipinski definition) is 2. The van der Waals surface area contributed by atoms with Gasteiger partial charge in [0, 0.05) is 50.9 Å². The number of ether oxygens (including phenoxy) is 2. The van der Waals surface area contributed by atoms with E-state index in [4.69, 9.17) is 9.47 Å². The van der Waals surface area contributed by atoms with Crippen LogP contribution in [0.15, 0.2) is 42.5 Å². The maximum absolute atomic E-state index is 15.1. The molecule has 2 N–H and O–H groups in total. The van der Waals surface area contributed by atoms with Crippen molar-refractivity contribution in [3.8, 4) is 5.75 Å². The van der Waals surface area contributed by atoms with E-state index in [1.807, 2.05) is 18.2 Å². The molecule has 210 valence electrons. The van der Waals surface area contributed by atoms with Crippen LogP contribution in [0.3, 0.4) is 0 Å². The van der Waals surface area contributed by atoms with Gasteiger partial charge in [0.1, 0.15) is 12.4 Å². The highest BCUT2D eigenvalue weighted by molar-refractivity contribution is 5.85. The summed E-state index contributed by atoms with van der Waals surface area (Å²) in [6.45, 7) is 7.43. The molecule has 10 heteroatoms. The molecular weight excluding hydrogens is 506 g/mol. The number of morpholine rings is 1. The van der Waals surface area contributed by atoms with Gasteiger partial charge in [-0.05, 0) is 48.6 Å². The first-order chi connectivity index (χ1) is 18.8. The Kier molecular flexibility index (Phi) is 8.44. The molecule has 5 rings (SSSR count). The van der Waals surface area contributed by atoms with Crippen molar-refractivity contribution in [2.24, 2.45) is 0 Å². The summed E-state index contributed by atoms with van der Waals surface area (Å²) < 4.78 is 41.2. The molecule has 3 heterocycles. The zero-order valence-electron chi connectivity index (χ0n) is 22.3. The second kappa shape index (κ2) is 12.0. The summed E-state index contributed by atoms with van der Waals surface area (Å²) in [4.78, 5) is 29.3. The SMILES string of the molecule is CC1c2ccc(CNC(=O)C(F)(F)c3cccc(OCCN4CCOCC4)c3)cc2CN1C1CCCNC1=O. The Labute approximate surface area is 227 Å². The molecule has 2 aromatic carbocycles. The van der Waals surface area contributed by atoms with Crippen LogP contribution in [0.4, 0.5) is 8.78 Å². The molecule has 0 spiro atoms. The van der Waals surface area contributed by atoms with Crippen LogP contribution in [0.1, 0.15) is 48.1 Å². The molecule has 2 fully saturated rings. The minimum absolute atomic E-state index is 0.0181. The zero-order chi connectivity index (χ0) is 27.4. The van der Waals surface area contributed by atoms with Crippen LogP contribution in [0.2, 0.25) is 0 Å². The molecule has 0 bridgehead atoms. The fourth-order valence-corrected chi connectivity index (χ4v) is 5.60. The highest BCUT2D eigenvalue weighted by atomic mass is 19.3. The van der Waals surface area contributed by atoms with Crippen LogP contribution in [-0.2, 0) is 33.3 Å². The average molecular weight is 543 g/mol. The Bertz CT molecular complexity index is 1190. The van der Waals surface area contributed by atoms with Gasteiger partial charge in [0.05, 0.1) is 19.3 Å². The Hall–Kier alpha value is -3.08. The highest BCUT2D eigenvalue weighted by Crippen LogP contribution is 2.37. The minimum atomic E-state index is -3.71. The van der Waals surface area contributed by atoms with Gasteiger partial charge in [-0.15, -0.1) is 0 Å². The molecule has 3 aliphatic rings. The summed E-state index contributed by atoms with van der Waals surface area (Å²) in [6, 6.07) is 11.2. The van der Waals surface area contributed by atoms with Crippen LogP contribution < -0.4 is 15.4 Å². The van der Waals surface area contributed by atoms with Crippen molar-refractivity contribution in [2.45, 2.75) is 50.9 Å². The Balaban J connectivity index is 1.16. The van der Waals surface area contributed by atoms with Crippen LogP contribution >= 0.6 is 0 Å². The number of piperidine rings is 1. The van der Waals surface area contributed by atoms with E-state index in [9.17, 15) is 9.59 Å². The first-order valence-corrected chi connectivity index (χ1v) is 13.7. The number of carbonyl (C=O) groups is 2. The smallest absolute Gasteiger partial charge is 0.349 e. The number of benzene rings is 2. The molecule has 0 aliphatic carbocycles. The van der Waals surface area contributed by atoms with E-state index in [0.717, 1.165) is 42.6 Å². The molecule has 2 atom stereocenters. The standard InChI is InChI=1S/C29H36F2N4O4/c1-20-25-8-7-21(16-22(25)19-35(20)26-6-3-9-32-27(26)36)18-33-28(37)29(30,31)23-4-2-5-24(17-23)39-15-12-34-10-13-38-14-11-34/h2,4-5,7-8,16-17,20,26H,3,6,9-15,18-19H2,1H3,(H,32,36)(H,33,37). The Morgan fingerprint density at radius 2 is 2.03 bits per heavy atom. The molecular formula is C29H36F2N4O4. The normalized spacial score (nSPS) is 22.3. The predicted octanol–water partition coefficient (Wildman–Crippen LogP) is 2.96. The van der Waals surface area contributed by atoms with Crippen LogP contribution in [-0.4, -0.2) is 73.7 Å². The van der Waals surface area contributed by atoms with E-state index in [1.165, 1.54) is 18.2 Å². The van der Waals surface area contributed by atoms with Gasteiger partial charge in [0.2, 0.25) is 5.91 Å². The van der Waals surface area contributed by atoms with E-state index in [2.05, 4.69) is 27.4 Å². The topological polar surface area (TPSA) is 83.1 Å². The Morgan fingerprint density at radius 1 is 1.21 bits per heavy atom. The number of fused-ring (bicyclic) bond motifs is 1. The number of hydrogen-bond acceptors (Lipinski definition) is 6. The quantitative estimate of drug-likeness (QED) is 0.507. The van der Waals surface area contributed by atoms with Gasteiger partial charge in [-0.1, -0.05) is 30.3 Å². The first kappa shape index (κ1) is 27.5. The van der Waals surface area contributed by atoms with Crippen molar-refractivity contribution in [3.05, 3.63) is 64.7 Å². The molecule has 2 saturated heterocycles. The van der Waals surface area contributed by atoms with Crippen LogP contribution in [0.25, 0.3) is 0 Å². The minimum Gasteiger partial charge on any atom is -0.492 e. The van der Waals surface area contributed by atoms with Gasteiger partial charge in [-0.25, -0.2) is 0 Å². The summed E-state index contributed by atoms with van der Waals surface area (Å²) in [6.07, 6.45) is 1.77. The maximum atomic E-state index is 15.1. The Morgan fingerprint density at radius 3 is 2.82 bits per heavy atom. The average Bonchev–Trinajstić information content (AvgIpc) is 3.28. The summed E-state index contributed by atoms with van der Waals surface area (Å²) in [5, 5.41) is 5.34. The second-order valence-electron chi connectivity index (χ2n) is 10.4. The molecule has 0 aromatic heterocycles. The number of alkyl halides is 2. The fourth-order valence-electron chi connectivity index (χ4n) is 5.60. The van der Waals surface area contributed by atoms with Crippen LogP contribution in [0.5, 0.6) is 5.75 Å². The third-order valence-corrected chi connectivity index (χ3v) is 7.88. The van der Waals surface area contributed by atoms with Crippen molar-refractivity contribution < 1.29 is 27.8 Å². The number of amides is 2. The number of rotatable bonds is 9. The summed E-state index contributed by atoms with van der Waals surface area (Å²) in [7, 11) is 0. The fraction of sp³-hybridized carbons (Fsp3) is 0.517. The van der Waals surface area contributed by atoms with Gasteiger partial charge in [-0.2, -0.15) is 8.78 Å². The van der Waals surface area contributed by atoms with E-state index < -0.39 is 17.4 Å². The van der Waals surface area contributed by atoms with E-state index in [1.54, 1.807) is 6.07 Å². The molecule has 2 amide bonds. The van der Waals surface area contributed by atoms with Gasteiger partial charge in [0.25, 0.3) is 5.91 Å². The van der Waals surface area contributed by atoms with E-state index in [-0.39, 0.29) is 24.5 Å². The third kappa shape index (κ3) is 6.23. The van der Waals surface area contributed by atoms with Crippen molar-refractivity contribution in [1.29, 1.82) is 0 Å². The van der Waals surface area contributed by atoms with Gasteiger partial charge in [0.15, 0.2) is 0 Å². The first-order valence-electron chi connectivity index (χ1n) is 13.7. The van der Waals surface area contributed by atoms with E-state index >= 15 is 8.78 Å². The second-order valence-corrected chi connectivity index (χ2v) is 10.4. The third-order valence-electron chi connectivity index (χ3n) is 7.88. The lowest BCUT2D eigenvalue weighted by atomic mass is 10.0. The van der Waals surface area contributed by atoms with Crippen molar-refractivity contribution >= 4 is 11.8 Å². The molecule has 39 heavy (non-hydrogen) atoms. The maximum Gasteiger partial charge on any atom is 0.349 e. The molecule has 0 saturated carbocycles. The summed E-state index contributed by atoms with van der Waals surface area (Å²) >= 11 is 0. The number of halogens is 2. The highest BCUT2D eigenvalue weighted by Gasteiger charge is 2.41. The lowest BCUT2D eigenvalue weighted by molar-refractivity contribution is -0.147. The molecule has 3 aliphatic heterocycles. The van der Waals surface area contributed by atoms with Crippen LogP contribution in [0, 0.1) is 0 Å². The molecule has 2 unspecified atom stereocenters. The number of nitrogens with one attached hydrogen (secondary N) is 2. The lowest BCUT2D eigenvalue weighted by Crippen LogP contribution is -2.49. The lowest BCUT2D eigenvalue weighted by Gasteiger charge is -2.33. The summed E-state index contributed by atoms with van der Waals surface area (Å²) in [5.74, 6) is -4.71. The molecule has 2 aromatic rings. The van der Waals surface area contributed by atoms with E-state index in [0.29, 0.717) is 45.2 Å². The van der Waals surface area contributed by atoms with Gasteiger partial charge < -0.3 is 20.1 Å². The molecule has 8 nitrogen and oxygen atoms in total. The monoisotopic (exact) mass is 542 g/mol. The summed E-state index contributed by atoms with van der Waals surface area (Å²) in [5.41, 5.74) is 2.51. The van der Waals surface area contributed by atoms with Crippen molar-refractivity contribution in [2.75, 3.05) is 46.0 Å². The van der Waals surface area contributed by atoms with Crippen molar-refractivity contribution in [1.82, 2.24) is 20.4 Å². The largest absolute Gasteiger partial charge is 0.492 e. The van der Waals surface area contributed by atoms with Gasteiger partial charge in [-0.3, -0.25) is 19.4 Å². The van der Waals surface area contributed by atoms with Crippen molar-refractivity contribution in [3.63, 3.8) is 0 Å². The van der Waals surface area contributed by atoms with Gasteiger partial charge >= 0.3 is 5.92 Å². The number of carbonyl (C=O) groups excluding carboxylic acids is 2.